The maximum Gasteiger partial charge on any atom is 0.516 e. The van der Waals surface area contributed by atoms with Crippen LogP contribution in [0.2, 0.25) is 0 Å². The van der Waals surface area contributed by atoms with E-state index < -0.39 is 7.92 Å². The minimum atomic E-state index is -0.877. The maximum atomic E-state index is 5.54. The molecule has 4 rings (SSSR count). The van der Waals surface area contributed by atoms with Gasteiger partial charge < -0.3 is 9.16 Å². The molecule has 1 atom stereocenters. The average molecular weight is 643 g/mol. The van der Waals surface area contributed by atoms with E-state index in [1.54, 1.807) is 6.08 Å². The molecule has 1 aliphatic heterocycles. The van der Waals surface area contributed by atoms with Crippen LogP contribution in [0.1, 0.15) is 22.2 Å². The van der Waals surface area contributed by atoms with Gasteiger partial charge in [-0.2, -0.15) is 0 Å². The number of esters is 1. The predicted molar refractivity (Wildman–Crippen MR) is 141 cm³/mol. The molecule has 33 heavy (non-hydrogen) atoms. The first-order chi connectivity index (χ1) is 15.6. The van der Waals surface area contributed by atoms with Crippen LogP contribution in [0, 0.1) is 12.0 Å². The van der Waals surface area contributed by atoms with Gasteiger partial charge in [0.2, 0.25) is 12.7 Å². The molecule has 176 valence electrons. The summed E-state index contributed by atoms with van der Waals surface area (Å²) in [7, 11) is -0.877. The van der Waals surface area contributed by atoms with Gasteiger partial charge in [-0.15, -0.1) is 0 Å². The molecule has 1 aliphatic rings. The van der Waals surface area contributed by atoms with Crippen molar-refractivity contribution in [3.8, 4) is 0 Å². The molecule has 4 heteroatoms. The molecule has 2 radical (unpaired) electrons. The quantitative estimate of drug-likeness (QED) is 0.115. The SMILES string of the molecule is C=CC[O+]=C1OC(C(C)C)[C]=C1C.[Au].[HH].c1ccc([PH+](c2ccccc2)c2ccccc2)cc1. The number of hydrogen-bond donors (Lipinski definition) is 0. The third kappa shape index (κ3) is 7.95. The molecule has 3 aromatic rings. The van der Waals surface area contributed by atoms with Crippen LogP contribution in [0.15, 0.2) is 109 Å². The van der Waals surface area contributed by atoms with Crippen molar-refractivity contribution < 1.29 is 33.0 Å². The zero-order valence-corrected chi connectivity index (χ0v) is 22.6. The largest absolute Gasteiger partial charge is 0.516 e. The number of ether oxygens (including phenoxy) is 1. The Morgan fingerprint density at radius 3 is 1.67 bits per heavy atom. The van der Waals surface area contributed by atoms with Gasteiger partial charge in [0, 0.05) is 35.8 Å². The molecule has 1 unspecified atom stereocenters. The van der Waals surface area contributed by atoms with Crippen molar-refractivity contribution in [3.63, 3.8) is 0 Å². The summed E-state index contributed by atoms with van der Waals surface area (Å²) in [5.74, 6) is 1.03. The molecule has 0 amide bonds. The van der Waals surface area contributed by atoms with Crippen LogP contribution in [0.5, 0.6) is 0 Å². The minimum Gasteiger partial charge on any atom is -0.314 e. The van der Waals surface area contributed by atoms with Crippen LogP contribution in [0.25, 0.3) is 0 Å². The zero-order valence-electron chi connectivity index (χ0n) is 19.4. The molecule has 1 heterocycles. The van der Waals surface area contributed by atoms with Gasteiger partial charge in [-0.3, -0.25) is 0 Å². The van der Waals surface area contributed by atoms with Crippen LogP contribution in [-0.4, -0.2) is 18.7 Å². The number of rotatable bonds is 6. The molecule has 0 aromatic heterocycles. The predicted octanol–water partition coefficient (Wildman–Crippen LogP) is 5.46. The molecule has 2 nitrogen and oxygen atoms in total. The molecule has 0 saturated heterocycles. The number of cyclic esters (lactones) is 1. The second-order valence-corrected chi connectivity index (χ2v) is 10.4. The topological polar surface area (TPSA) is 20.5 Å². The smallest absolute Gasteiger partial charge is 0.314 e. The second kappa shape index (κ2) is 14.1. The van der Waals surface area contributed by atoms with Gasteiger partial charge in [-0.25, -0.2) is 0 Å². The van der Waals surface area contributed by atoms with Crippen molar-refractivity contribution in [2.75, 3.05) is 6.61 Å². The first kappa shape index (κ1) is 27.0. The van der Waals surface area contributed by atoms with E-state index in [4.69, 9.17) is 9.16 Å². The summed E-state index contributed by atoms with van der Waals surface area (Å²) in [6, 6.07) is 32.5. The van der Waals surface area contributed by atoms with Crippen LogP contribution in [0.4, 0.5) is 0 Å². The summed E-state index contributed by atoms with van der Waals surface area (Å²) in [6.45, 7) is 10.2. The van der Waals surface area contributed by atoms with Crippen molar-refractivity contribution in [1.82, 2.24) is 0 Å². The standard InChI is InChI=1S/C18H15P.C11H16O2.Au.H2/c1-4-10-16(11-5-1)19(17-12-6-2-7-13-17)18-14-8-3-9-15-18;1-5-6-12-11-9(4)7-10(13-11)8(2)3;;/h1-15H;5,8,10H,1,6H2,2-4H3;;1H/q;+1;;/p+1. The van der Waals surface area contributed by atoms with Gasteiger partial charge in [-0.1, -0.05) is 75.0 Å². The van der Waals surface area contributed by atoms with Crippen molar-refractivity contribution in [1.29, 1.82) is 0 Å². The number of benzene rings is 3. The third-order valence-corrected chi connectivity index (χ3v) is 7.76. The van der Waals surface area contributed by atoms with Crippen molar-refractivity contribution in [2.24, 2.45) is 5.92 Å². The molecule has 0 saturated carbocycles. The fourth-order valence-electron chi connectivity index (χ4n) is 3.40. The molecule has 0 N–H and O–H groups in total. The van der Waals surface area contributed by atoms with E-state index in [0.29, 0.717) is 18.5 Å². The van der Waals surface area contributed by atoms with Gasteiger partial charge in [-0.05, 0) is 49.4 Å². The van der Waals surface area contributed by atoms with Crippen molar-refractivity contribution in [3.05, 3.63) is 115 Å². The molecule has 3 aromatic carbocycles. The van der Waals surface area contributed by atoms with Gasteiger partial charge in [0.15, 0.2) is 0 Å². The monoisotopic (exact) mass is 642 g/mol. The average Bonchev–Trinajstić information content (AvgIpc) is 3.21. The van der Waals surface area contributed by atoms with E-state index in [-0.39, 0.29) is 29.9 Å². The van der Waals surface area contributed by atoms with E-state index in [2.05, 4.69) is 117 Å². The Labute approximate surface area is 216 Å². The second-order valence-electron chi connectivity index (χ2n) is 7.91. The normalized spacial score (nSPS) is 15.8. The van der Waals surface area contributed by atoms with Gasteiger partial charge in [0.25, 0.3) is 0 Å². The Morgan fingerprint density at radius 1 is 0.909 bits per heavy atom. The molecule has 0 aliphatic carbocycles. The fourth-order valence-corrected chi connectivity index (χ4v) is 5.98. The molecular formula is C29H34AuO2P+2. The van der Waals surface area contributed by atoms with Gasteiger partial charge >= 0.3 is 5.97 Å². The van der Waals surface area contributed by atoms with Gasteiger partial charge in [0.05, 0.1) is 7.92 Å². The summed E-state index contributed by atoms with van der Waals surface area (Å²) in [6.07, 6.45) is 4.95. The zero-order chi connectivity index (χ0) is 22.8. The molecule has 0 fully saturated rings. The summed E-state index contributed by atoms with van der Waals surface area (Å²) in [4.78, 5) is 0. The van der Waals surface area contributed by atoms with Crippen molar-refractivity contribution in [2.45, 2.75) is 26.9 Å². The summed E-state index contributed by atoms with van der Waals surface area (Å²) < 4.78 is 10.9. The Kier molecular flexibility index (Phi) is 11.6. The Bertz CT molecular complexity index is 944. The van der Waals surface area contributed by atoms with E-state index in [1.165, 1.54) is 15.9 Å². The Morgan fingerprint density at radius 2 is 1.33 bits per heavy atom. The Hall–Kier alpha value is -2.22. The van der Waals surface area contributed by atoms with E-state index >= 15 is 0 Å². The van der Waals surface area contributed by atoms with E-state index in [0.717, 1.165) is 5.57 Å². The van der Waals surface area contributed by atoms with E-state index in [1.807, 2.05) is 6.92 Å². The van der Waals surface area contributed by atoms with Gasteiger partial charge in [0.1, 0.15) is 21.5 Å². The third-order valence-electron chi connectivity index (χ3n) is 5.02. The maximum absolute atomic E-state index is 5.54. The van der Waals surface area contributed by atoms with Crippen LogP contribution >= 0.6 is 7.92 Å². The van der Waals surface area contributed by atoms with Crippen LogP contribution < -0.4 is 15.9 Å². The molecular weight excluding hydrogens is 608 g/mol. The number of carbonyl (C=O) groups excluding carboxylic acids is 1. The van der Waals surface area contributed by atoms with E-state index in [9.17, 15) is 0 Å². The van der Waals surface area contributed by atoms with Crippen LogP contribution in [-0.2, 0) is 31.5 Å². The molecule has 0 bridgehead atoms. The summed E-state index contributed by atoms with van der Waals surface area (Å²) in [5, 5.41) is 4.31. The first-order valence-electron chi connectivity index (χ1n) is 11.0. The fraction of sp³-hybridized carbons (Fsp3) is 0.207. The number of hydrogen-bond acceptors (Lipinski definition) is 1. The molecule has 0 spiro atoms. The summed E-state index contributed by atoms with van der Waals surface area (Å²) >= 11 is 0. The van der Waals surface area contributed by atoms with Crippen LogP contribution in [0.3, 0.4) is 0 Å². The van der Waals surface area contributed by atoms with Crippen molar-refractivity contribution >= 4 is 29.8 Å². The minimum absolute atomic E-state index is 0. The first-order valence-corrected chi connectivity index (χ1v) is 12.5. The Balaban J connectivity index is 0.000000343. The summed E-state index contributed by atoms with van der Waals surface area (Å²) in [5.41, 5.74) is 0.959.